The van der Waals surface area contributed by atoms with Gasteiger partial charge in [-0.2, -0.15) is 0 Å². The number of piperidine rings is 1. The highest BCUT2D eigenvalue weighted by molar-refractivity contribution is 7.12. The highest BCUT2D eigenvalue weighted by Gasteiger charge is 2.20. The van der Waals surface area contributed by atoms with E-state index in [-0.39, 0.29) is 24.1 Å². The van der Waals surface area contributed by atoms with Gasteiger partial charge < -0.3 is 10.6 Å². The first-order valence-corrected chi connectivity index (χ1v) is 8.80. The Hall–Kier alpha value is -1.69. The van der Waals surface area contributed by atoms with Crippen LogP contribution < -0.4 is 10.6 Å². The number of hydrogen-bond donors (Lipinski definition) is 2. The quantitative estimate of drug-likeness (QED) is 0.801. The molecular weight excluding hydrogens is 344 g/mol. The summed E-state index contributed by atoms with van der Waals surface area (Å²) in [6.45, 7) is 2.64. The molecule has 2 heterocycles. The van der Waals surface area contributed by atoms with E-state index in [0.29, 0.717) is 28.5 Å². The maximum absolute atomic E-state index is 12.6. The molecule has 1 fully saturated rings. The summed E-state index contributed by atoms with van der Waals surface area (Å²) in [6.07, 6.45) is 2.27. The number of amides is 1. The lowest BCUT2D eigenvalue weighted by molar-refractivity contribution is 0.0934. The Kier molecular flexibility index (Phi) is 6.97. The van der Waals surface area contributed by atoms with Crippen molar-refractivity contribution in [3.63, 3.8) is 0 Å². The van der Waals surface area contributed by atoms with Gasteiger partial charge in [-0.25, -0.2) is 0 Å². The molecule has 2 aromatic rings. The lowest BCUT2D eigenvalue weighted by Gasteiger charge is -2.23. The van der Waals surface area contributed by atoms with Crippen LogP contribution in [0.5, 0.6) is 0 Å². The fourth-order valence-corrected chi connectivity index (χ4v) is 3.53. The third-order valence-corrected chi connectivity index (χ3v) is 4.98. The topological polar surface area (TPSA) is 58.2 Å². The second-order valence-electron chi connectivity index (χ2n) is 5.77. The van der Waals surface area contributed by atoms with Crippen LogP contribution in [0.15, 0.2) is 41.8 Å². The molecule has 1 atom stereocenters. The second-order valence-corrected chi connectivity index (χ2v) is 6.72. The number of rotatable bonds is 5. The molecule has 0 radical (unpaired) electrons. The first kappa shape index (κ1) is 18.6. The van der Waals surface area contributed by atoms with Gasteiger partial charge >= 0.3 is 0 Å². The third-order valence-electron chi connectivity index (χ3n) is 4.11. The number of carbonyl (C=O) groups is 2. The monoisotopic (exact) mass is 364 g/mol. The minimum atomic E-state index is -0.170. The zero-order valence-electron chi connectivity index (χ0n) is 13.3. The smallest absolute Gasteiger partial charge is 0.252 e. The van der Waals surface area contributed by atoms with Gasteiger partial charge in [0.25, 0.3) is 5.91 Å². The summed E-state index contributed by atoms with van der Waals surface area (Å²) in [7, 11) is 0. The highest BCUT2D eigenvalue weighted by Crippen LogP contribution is 2.18. The number of halogens is 1. The normalized spacial score (nSPS) is 16.9. The van der Waals surface area contributed by atoms with Gasteiger partial charge in [-0.05, 0) is 49.4 Å². The van der Waals surface area contributed by atoms with Gasteiger partial charge in [0.2, 0.25) is 5.78 Å². The summed E-state index contributed by atoms with van der Waals surface area (Å²) in [4.78, 5) is 25.7. The highest BCUT2D eigenvalue weighted by atomic mass is 35.5. The number of hydrogen-bond acceptors (Lipinski definition) is 4. The summed E-state index contributed by atoms with van der Waals surface area (Å²) in [5.74, 6) is 0.203. The van der Waals surface area contributed by atoms with Crippen LogP contribution in [0.1, 0.15) is 38.4 Å². The van der Waals surface area contributed by atoms with E-state index in [1.807, 2.05) is 11.4 Å². The van der Waals surface area contributed by atoms with Crippen molar-refractivity contribution in [3.8, 4) is 0 Å². The molecule has 1 saturated heterocycles. The Balaban J connectivity index is 0.00000208. The molecule has 1 aliphatic heterocycles. The molecule has 0 spiro atoms. The van der Waals surface area contributed by atoms with Crippen LogP contribution in [-0.2, 0) is 0 Å². The first-order chi connectivity index (χ1) is 11.3. The molecule has 4 nitrogen and oxygen atoms in total. The Morgan fingerprint density at radius 3 is 2.62 bits per heavy atom. The van der Waals surface area contributed by atoms with Crippen LogP contribution >= 0.6 is 23.7 Å². The van der Waals surface area contributed by atoms with Crippen molar-refractivity contribution in [2.24, 2.45) is 5.92 Å². The molecule has 0 aliphatic carbocycles. The molecular formula is C18H21ClN2O2S. The molecule has 1 unspecified atom stereocenters. The number of benzene rings is 1. The number of thiophene rings is 1. The van der Waals surface area contributed by atoms with Crippen LogP contribution in [0.25, 0.3) is 0 Å². The Bertz CT molecular complexity index is 682. The SMILES string of the molecule is Cl.O=C(NCC1CCCNC1)c1ccccc1C(=O)c1cccs1. The summed E-state index contributed by atoms with van der Waals surface area (Å²) in [5, 5.41) is 8.19. The van der Waals surface area contributed by atoms with Gasteiger partial charge in [-0.3, -0.25) is 9.59 Å². The summed E-state index contributed by atoms with van der Waals surface area (Å²) < 4.78 is 0. The molecule has 1 aromatic heterocycles. The zero-order valence-corrected chi connectivity index (χ0v) is 14.9. The van der Waals surface area contributed by atoms with E-state index in [4.69, 9.17) is 0 Å². The van der Waals surface area contributed by atoms with E-state index >= 15 is 0 Å². The molecule has 24 heavy (non-hydrogen) atoms. The predicted octanol–water partition coefficient (Wildman–Crippen LogP) is 3.13. The molecule has 2 N–H and O–H groups in total. The van der Waals surface area contributed by atoms with Crippen molar-refractivity contribution in [1.82, 2.24) is 10.6 Å². The Morgan fingerprint density at radius 1 is 1.17 bits per heavy atom. The molecule has 3 rings (SSSR count). The summed E-state index contributed by atoms with van der Waals surface area (Å²) >= 11 is 1.39. The van der Waals surface area contributed by atoms with E-state index in [2.05, 4.69) is 10.6 Å². The van der Waals surface area contributed by atoms with E-state index < -0.39 is 0 Å². The number of ketones is 1. The number of carbonyl (C=O) groups excluding carboxylic acids is 2. The van der Waals surface area contributed by atoms with Crippen molar-refractivity contribution < 1.29 is 9.59 Å². The van der Waals surface area contributed by atoms with Gasteiger partial charge in [0.1, 0.15) is 0 Å². The van der Waals surface area contributed by atoms with Gasteiger partial charge in [0.05, 0.1) is 10.4 Å². The van der Waals surface area contributed by atoms with Crippen molar-refractivity contribution in [3.05, 3.63) is 57.8 Å². The summed E-state index contributed by atoms with van der Waals surface area (Å²) in [6, 6.07) is 10.7. The molecule has 0 bridgehead atoms. The van der Waals surface area contributed by atoms with E-state index in [1.54, 1.807) is 30.3 Å². The molecule has 1 amide bonds. The maximum Gasteiger partial charge on any atom is 0.252 e. The molecule has 128 valence electrons. The minimum Gasteiger partial charge on any atom is -0.352 e. The van der Waals surface area contributed by atoms with E-state index in [1.165, 1.54) is 11.3 Å². The van der Waals surface area contributed by atoms with Crippen LogP contribution in [0.3, 0.4) is 0 Å². The standard InChI is InChI=1S/C18H20N2O2S.ClH/c21-17(16-8-4-10-23-16)14-6-1-2-7-15(14)18(22)20-12-13-5-3-9-19-11-13;/h1-2,4,6-8,10,13,19H,3,5,9,11-12H2,(H,20,22);1H. The van der Waals surface area contributed by atoms with Crippen LogP contribution in [0.2, 0.25) is 0 Å². The average Bonchev–Trinajstić information content (AvgIpc) is 3.14. The van der Waals surface area contributed by atoms with Gasteiger partial charge in [-0.1, -0.05) is 24.3 Å². The fraction of sp³-hybridized carbons (Fsp3) is 0.333. The third kappa shape index (κ3) is 4.44. The predicted molar refractivity (Wildman–Crippen MR) is 99.4 cm³/mol. The second kappa shape index (κ2) is 8.97. The maximum atomic E-state index is 12.6. The zero-order chi connectivity index (χ0) is 16.1. The summed E-state index contributed by atoms with van der Waals surface area (Å²) in [5.41, 5.74) is 0.920. The Morgan fingerprint density at radius 2 is 1.96 bits per heavy atom. The molecule has 1 aromatic carbocycles. The van der Waals surface area contributed by atoms with Crippen molar-refractivity contribution in [2.45, 2.75) is 12.8 Å². The molecule has 1 aliphatic rings. The fourth-order valence-electron chi connectivity index (χ4n) is 2.85. The molecule has 6 heteroatoms. The van der Waals surface area contributed by atoms with Crippen molar-refractivity contribution in [2.75, 3.05) is 19.6 Å². The lowest BCUT2D eigenvalue weighted by Crippen LogP contribution is -2.38. The van der Waals surface area contributed by atoms with Crippen LogP contribution in [0, 0.1) is 5.92 Å². The number of nitrogens with one attached hydrogen (secondary N) is 2. The molecule has 0 saturated carbocycles. The minimum absolute atomic E-state index is 0. The van der Waals surface area contributed by atoms with Crippen LogP contribution in [0.4, 0.5) is 0 Å². The van der Waals surface area contributed by atoms with Crippen molar-refractivity contribution in [1.29, 1.82) is 0 Å². The first-order valence-electron chi connectivity index (χ1n) is 7.92. The van der Waals surface area contributed by atoms with Gasteiger partial charge in [-0.15, -0.1) is 23.7 Å². The van der Waals surface area contributed by atoms with E-state index in [0.717, 1.165) is 25.9 Å². The lowest BCUT2D eigenvalue weighted by atomic mass is 9.98. The largest absolute Gasteiger partial charge is 0.352 e. The van der Waals surface area contributed by atoms with E-state index in [9.17, 15) is 9.59 Å². The Labute approximate surface area is 152 Å². The van der Waals surface area contributed by atoms with Crippen LogP contribution in [-0.4, -0.2) is 31.3 Å². The van der Waals surface area contributed by atoms with Crippen molar-refractivity contribution >= 4 is 35.4 Å². The average molecular weight is 365 g/mol. The van der Waals surface area contributed by atoms with Gasteiger partial charge in [0, 0.05) is 12.1 Å². The van der Waals surface area contributed by atoms with Gasteiger partial charge in [0.15, 0.2) is 0 Å².